The Labute approximate surface area is 114 Å². The Balaban J connectivity index is 1.87. The van der Waals surface area contributed by atoms with Gasteiger partial charge in [-0.05, 0) is 31.9 Å². The zero-order valence-corrected chi connectivity index (χ0v) is 11.6. The Bertz CT molecular complexity index is 481. The number of rotatable bonds is 7. The van der Waals surface area contributed by atoms with Crippen molar-refractivity contribution in [3.63, 3.8) is 0 Å². The van der Waals surface area contributed by atoms with E-state index < -0.39 is 0 Å². The Morgan fingerprint density at radius 2 is 1.95 bits per heavy atom. The predicted molar refractivity (Wildman–Crippen MR) is 74.9 cm³/mol. The summed E-state index contributed by atoms with van der Waals surface area (Å²) in [7, 11) is 0. The lowest BCUT2D eigenvalue weighted by Gasteiger charge is -2.07. The van der Waals surface area contributed by atoms with Gasteiger partial charge in [0.1, 0.15) is 0 Å². The van der Waals surface area contributed by atoms with Crippen LogP contribution in [0.4, 0.5) is 0 Å². The molecule has 0 aliphatic carbocycles. The van der Waals surface area contributed by atoms with Crippen molar-refractivity contribution >= 4 is 0 Å². The predicted octanol–water partition coefficient (Wildman–Crippen LogP) is 2.92. The molecule has 1 aromatic heterocycles. The second-order valence-corrected chi connectivity index (χ2v) is 4.70. The van der Waals surface area contributed by atoms with E-state index >= 15 is 0 Å². The zero-order chi connectivity index (χ0) is 13.5. The highest BCUT2D eigenvalue weighted by Gasteiger charge is 2.12. The molecule has 19 heavy (non-hydrogen) atoms. The summed E-state index contributed by atoms with van der Waals surface area (Å²) < 4.78 is 5.68. The highest BCUT2D eigenvalue weighted by Crippen LogP contribution is 2.12. The van der Waals surface area contributed by atoms with Gasteiger partial charge in [0.15, 0.2) is 0 Å². The molecule has 1 N–H and O–H groups in total. The van der Waals surface area contributed by atoms with Gasteiger partial charge in [0.25, 0.3) is 0 Å². The first-order valence-electron chi connectivity index (χ1n) is 6.89. The fourth-order valence-electron chi connectivity index (χ4n) is 1.89. The molecular weight excluding hydrogens is 238 g/mol. The average molecular weight is 259 g/mol. The minimum Gasteiger partial charge on any atom is -0.424 e. The topological polar surface area (TPSA) is 51.0 Å². The fraction of sp³-hybridized carbons (Fsp3) is 0.467. The quantitative estimate of drug-likeness (QED) is 0.830. The van der Waals surface area contributed by atoms with E-state index in [1.54, 1.807) is 0 Å². The van der Waals surface area contributed by atoms with Crippen molar-refractivity contribution in [1.29, 1.82) is 0 Å². The standard InChI is InChI=1S/C15H21N3O/c1-3-11-16-12(2)15-18-17-14(19-15)10-9-13-7-5-4-6-8-13/h4-8,12,16H,3,9-11H2,1-2H3. The molecule has 0 bridgehead atoms. The second kappa shape index (κ2) is 7.04. The van der Waals surface area contributed by atoms with Crippen LogP contribution >= 0.6 is 0 Å². The summed E-state index contributed by atoms with van der Waals surface area (Å²) >= 11 is 0. The first-order chi connectivity index (χ1) is 9.29. The lowest BCUT2D eigenvalue weighted by molar-refractivity contribution is 0.393. The first kappa shape index (κ1) is 13.7. The third-order valence-corrected chi connectivity index (χ3v) is 3.02. The molecule has 2 rings (SSSR count). The van der Waals surface area contributed by atoms with Crippen LogP contribution in [0.5, 0.6) is 0 Å². The summed E-state index contributed by atoms with van der Waals surface area (Å²) in [6, 6.07) is 10.5. The first-order valence-corrected chi connectivity index (χ1v) is 6.89. The number of hydrogen-bond donors (Lipinski definition) is 1. The van der Waals surface area contributed by atoms with Crippen LogP contribution in [0.2, 0.25) is 0 Å². The van der Waals surface area contributed by atoms with Gasteiger partial charge in [0.2, 0.25) is 11.8 Å². The van der Waals surface area contributed by atoms with Crippen LogP contribution in [-0.2, 0) is 12.8 Å². The molecule has 0 saturated heterocycles. The van der Waals surface area contributed by atoms with Crippen LogP contribution in [-0.4, -0.2) is 16.7 Å². The number of nitrogens with one attached hydrogen (secondary N) is 1. The lowest BCUT2D eigenvalue weighted by Crippen LogP contribution is -2.19. The van der Waals surface area contributed by atoms with E-state index in [0.717, 1.165) is 25.8 Å². The molecule has 2 aromatic rings. The SMILES string of the molecule is CCCNC(C)c1nnc(CCc2ccccc2)o1. The molecular formula is C15H21N3O. The smallest absolute Gasteiger partial charge is 0.233 e. The van der Waals surface area contributed by atoms with Crippen molar-refractivity contribution in [3.8, 4) is 0 Å². The molecule has 1 aromatic carbocycles. The average Bonchev–Trinajstić information content (AvgIpc) is 2.92. The Hall–Kier alpha value is -1.68. The Kier molecular flexibility index (Phi) is 5.10. The van der Waals surface area contributed by atoms with Gasteiger partial charge in [0.05, 0.1) is 6.04 Å². The summed E-state index contributed by atoms with van der Waals surface area (Å²) in [5.41, 5.74) is 1.29. The van der Waals surface area contributed by atoms with Crippen molar-refractivity contribution in [2.45, 2.75) is 39.2 Å². The van der Waals surface area contributed by atoms with E-state index in [0.29, 0.717) is 11.8 Å². The molecule has 102 valence electrons. The van der Waals surface area contributed by atoms with Crippen LogP contribution in [0.15, 0.2) is 34.7 Å². The van der Waals surface area contributed by atoms with Crippen LogP contribution < -0.4 is 5.32 Å². The molecule has 0 fully saturated rings. The minimum atomic E-state index is 0.123. The van der Waals surface area contributed by atoms with Gasteiger partial charge in [-0.1, -0.05) is 37.3 Å². The summed E-state index contributed by atoms with van der Waals surface area (Å²) in [6.45, 7) is 5.14. The van der Waals surface area contributed by atoms with E-state index in [1.807, 2.05) is 25.1 Å². The molecule has 1 heterocycles. The van der Waals surface area contributed by atoms with Gasteiger partial charge in [-0.15, -0.1) is 10.2 Å². The van der Waals surface area contributed by atoms with Gasteiger partial charge in [-0.2, -0.15) is 0 Å². The van der Waals surface area contributed by atoms with Crippen LogP contribution in [0.25, 0.3) is 0 Å². The third kappa shape index (κ3) is 4.17. The van der Waals surface area contributed by atoms with Crippen LogP contribution in [0.3, 0.4) is 0 Å². The monoisotopic (exact) mass is 259 g/mol. The van der Waals surface area contributed by atoms with E-state index in [1.165, 1.54) is 5.56 Å². The summed E-state index contributed by atoms with van der Waals surface area (Å²) in [4.78, 5) is 0. The highest BCUT2D eigenvalue weighted by atomic mass is 16.4. The minimum absolute atomic E-state index is 0.123. The van der Waals surface area contributed by atoms with Crippen molar-refractivity contribution in [1.82, 2.24) is 15.5 Å². The van der Waals surface area contributed by atoms with Gasteiger partial charge in [0, 0.05) is 6.42 Å². The van der Waals surface area contributed by atoms with Crippen molar-refractivity contribution in [3.05, 3.63) is 47.7 Å². The van der Waals surface area contributed by atoms with E-state index in [-0.39, 0.29) is 6.04 Å². The van der Waals surface area contributed by atoms with Gasteiger partial charge < -0.3 is 9.73 Å². The molecule has 0 aliphatic rings. The summed E-state index contributed by atoms with van der Waals surface area (Å²) in [6.07, 6.45) is 2.82. The molecule has 0 aliphatic heterocycles. The van der Waals surface area contributed by atoms with E-state index in [2.05, 4.69) is 34.6 Å². The molecule has 0 radical (unpaired) electrons. The zero-order valence-electron chi connectivity index (χ0n) is 11.6. The van der Waals surface area contributed by atoms with E-state index in [4.69, 9.17) is 4.42 Å². The maximum absolute atomic E-state index is 5.68. The Morgan fingerprint density at radius 3 is 2.68 bits per heavy atom. The molecule has 1 atom stereocenters. The molecule has 0 spiro atoms. The number of aryl methyl sites for hydroxylation is 2. The molecule has 4 heteroatoms. The van der Waals surface area contributed by atoms with Gasteiger partial charge >= 0.3 is 0 Å². The number of benzene rings is 1. The number of hydrogen-bond acceptors (Lipinski definition) is 4. The maximum atomic E-state index is 5.68. The van der Waals surface area contributed by atoms with Crippen LogP contribution in [0, 0.1) is 0 Å². The molecule has 0 amide bonds. The fourth-order valence-corrected chi connectivity index (χ4v) is 1.89. The van der Waals surface area contributed by atoms with Gasteiger partial charge in [-0.25, -0.2) is 0 Å². The van der Waals surface area contributed by atoms with E-state index in [9.17, 15) is 0 Å². The number of nitrogens with zero attached hydrogens (tertiary/aromatic N) is 2. The Morgan fingerprint density at radius 1 is 1.16 bits per heavy atom. The normalized spacial score (nSPS) is 12.5. The largest absolute Gasteiger partial charge is 0.424 e. The maximum Gasteiger partial charge on any atom is 0.233 e. The third-order valence-electron chi connectivity index (χ3n) is 3.02. The van der Waals surface area contributed by atoms with Crippen molar-refractivity contribution < 1.29 is 4.42 Å². The summed E-state index contributed by atoms with van der Waals surface area (Å²) in [5.74, 6) is 1.39. The summed E-state index contributed by atoms with van der Waals surface area (Å²) in [5, 5.41) is 11.5. The molecule has 0 saturated carbocycles. The van der Waals surface area contributed by atoms with Crippen LogP contribution in [0.1, 0.15) is 43.7 Å². The molecule has 4 nitrogen and oxygen atoms in total. The molecule has 1 unspecified atom stereocenters. The van der Waals surface area contributed by atoms with Gasteiger partial charge in [-0.3, -0.25) is 0 Å². The van der Waals surface area contributed by atoms with Crippen molar-refractivity contribution in [2.24, 2.45) is 0 Å². The van der Waals surface area contributed by atoms with Crippen molar-refractivity contribution in [2.75, 3.05) is 6.54 Å². The highest BCUT2D eigenvalue weighted by molar-refractivity contribution is 5.15. The number of aromatic nitrogens is 2. The lowest BCUT2D eigenvalue weighted by atomic mass is 10.1. The second-order valence-electron chi connectivity index (χ2n) is 4.70.